The summed E-state index contributed by atoms with van der Waals surface area (Å²) in [5, 5.41) is 22.2. The molecule has 0 aromatic heterocycles. The monoisotopic (exact) mass is 237 g/mol. The second kappa shape index (κ2) is 4.65. The van der Waals surface area contributed by atoms with Gasteiger partial charge in [0.1, 0.15) is 17.2 Å². The molecule has 0 fully saturated rings. The highest BCUT2D eigenvalue weighted by Crippen LogP contribution is 2.41. The molecule has 17 heavy (non-hydrogen) atoms. The van der Waals surface area contributed by atoms with Crippen LogP contribution in [0.4, 0.5) is 5.69 Å². The number of carbonyl (C=O) groups is 1. The van der Waals surface area contributed by atoms with Crippen LogP contribution in [0.5, 0.6) is 11.5 Å². The van der Waals surface area contributed by atoms with Crippen molar-refractivity contribution in [2.75, 3.05) is 5.32 Å². The van der Waals surface area contributed by atoms with Gasteiger partial charge in [-0.2, -0.15) is 0 Å². The summed E-state index contributed by atoms with van der Waals surface area (Å²) >= 11 is 0. The Morgan fingerprint density at radius 1 is 1.29 bits per heavy atom. The van der Waals surface area contributed by atoms with Gasteiger partial charge in [0.15, 0.2) is 0 Å². The Balaban J connectivity index is 3.25. The Morgan fingerprint density at radius 2 is 1.88 bits per heavy atom. The van der Waals surface area contributed by atoms with Gasteiger partial charge in [-0.15, -0.1) is 0 Å². The molecule has 0 unspecified atom stereocenters. The standard InChI is InChI=1S/C13H19NO3/c1-5-10(16)14-11-9(15)7-6-8(12(11)17)13(2,3)4/h6-7,15,17H,5H2,1-4H3,(H,14,16). The van der Waals surface area contributed by atoms with E-state index in [9.17, 15) is 15.0 Å². The number of rotatable bonds is 2. The first-order valence-corrected chi connectivity index (χ1v) is 5.62. The molecular formula is C13H19NO3. The minimum atomic E-state index is -0.260. The van der Waals surface area contributed by atoms with Gasteiger partial charge in [0.05, 0.1) is 0 Å². The predicted octanol–water partition coefficient (Wildman–Crippen LogP) is 2.74. The lowest BCUT2D eigenvalue weighted by atomic mass is 9.86. The highest BCUT2D eigenvalue weighted by Gasteiger charge is 2.22. The molecule has 0 aliphatic heterocycles. The number of anilines is 1. The molecule has 1 amide bonds. The first-order chi connectivity index (χ1) is 7.77. The van der Waals surface area contributed by atoms with E-state index in [0.29, 0.717) is 12.0 Å². The van der Waals surface area contributed by atoms with Crippen LogP contribution >= 0.6 is 0 Å². The van der Waals surface area contributed by atoms with Crippen molar-refractivity contribution in [3.8, 4) is 11.5 Å². The molecule has 0 heterocycles. The van der Waals surface area contributed by atoms with E-state index in [2.05, 4.69) is 5.32 Å². The van der Waals surface area contributed by atoms with Crippen LogP contribution < -0.4 is 5.32 Å². The molecule has 0 atom stereocenters. The van der Waals surface area contributed by atoms with E-state index < -0.39 is 0 Å². The summed E-state index contributed by atoms with van der Waals surface area (Å²) in [6.45, 7) is 7.55. The molecule has 0 aliphatic carbocycles. The molecule has 4 heteroatoms. The van der Waals surface area contributed by atoms with E-state index in [4.69, 9.17) is 0 Å². The van der Waals surface area contributed by atoms with Crippen LogP contribution in [0.3, 0.4) is 0 Å². The zero-order chi connectivity index (χ0) is 13.2. The average molecular weight is 237 g/mol. The van der Waals surface area contributed by atoms with Crippen molar-refractivity contribution < 1.29 is 15.0 Å². The largest absolute Gasteiger partial charge is 0.506 e. The van der Waals surface area contributed by atoms with Crippen LogP contribution in [0.25, 0.3) is 0 Å². The second-order valence-corrected chi connectivity index (χ2v) is 5.01. The van der Waals surface area contributed by atoms with Crippen LogP contribution in [0, 0.1) is 0 Å². The maximum absolute atomic E-state index is 11.3. The molecule has 0 saturated heterocycles. The average Bonchev–Trinajstić information content (AvgIpc) is 2.21. The first-order valence-electron chi connectivity index (χ1n) is 5.62. The normalized spacial score (nSPS) is 11.3. The Bertz CT molecular complexity index is 433. The molecule has 0 spiro atoms. The van der Waals surface area contributed by atoms with Crippen molar-refractivity contribution in [1.82, 2.24) is 0 Å². The molecule has 4 nitrogen and oxygen atoms in total. The summed E-state index contributed by atoms with van der Waals surface area (Å²) in [6.07, 6.45) is 0.290. The molecule has 0 bridgehead atoms. The molecule has 94 valence electrons. The highest BCUT2D eigenvalue weighted by atomic mass is 16.3. The van der Waals surface area contributed by atoms with E-state index in [-0.39, 0.29) is 28.5 Å². The van der Waals surface area contributed by atoms with Crippen molar-refractivity contribution in [3.63, 3.8) is 0 Å². The summed E-state index contributed by atoms with van der Waals surface area (Å²) in [5.41, 5.74) is 0.509. The molecular weight excluding hydrogens is 218 g/mol. The number of hydrogen-bond donors (Lipinski definition) is 3. The van der Waals surface area contributed by atoms with Gasteiger partial charge < -0.3 is 15.5 Å². The highest BCUT2D eigenvalue weighted by molar-refractivity contribution is 5.94. The fraction of sp³-hybridized carbons (Fsp3) is 0.462. The summed E-state index contributed by atoms with van der Waals surface area (Å²) in [5.74, 6) is -0.446. The lowest BCUT2D eigenvalue weighted by Crippen LogP contribution is -2.14. The van der Waals surface area contributed by atoms with Gasteiger partial charge in [-0.3, -0.25) is 4.79 Å². The van der Waals surface area contributed by atoms with Gasteiger partial charge in [-0.25, -0.2) is 0 Å². The third kappa shape index (κ3) is 2.90. The van der Waals surface area contributed by atoms with Crippen molar-refractivity contribution >= 4 is 11.6 Å². The van der Waals surface area contributed by atoms with Gasteiger partial charge in [-0.1, -0.05) is 33.8 Å². The van der Waals surface area contributed by atoms with Gasteiger partial charge in [0, 0.05) is 12.0 Å². The minimum Gasteiger partial charge on any atom is -0.506 e. The Labute approximate surface area is 101 Å². The molecule has 0 saturated carbocycles. The van der Waals surface area contributed by atoms with E-state index >= 15 is 0 Å². The van der Waals surface area contributed by atoms with Crippen LogP contribution in [0.1, 0.15) is 39.7 Å². The zero-order valence-corrected chi connectivity index (χ0v) is 10.7. The zero-order valence-electron chi connectivity index (χ0n) is 10.7. The molecule has 1 aromatic carbocycles. The van der Waals surface area contributed by atoms with E-state index in [1.807, 2.05) is 20.8 Å². The fourth-order valence-corrected chi connectivity index (χ4v) is 1.54. The molecule has 0 radical (unpaired) electrons. The number of amides is 1. The van der Waals surface area contributed by atoms with E-state index in [1.165, 1.54) is 6.07 Å². The number of phenols is 2. The van der Waals surface area contributed by atoms with E-state index in [0.717, 1.165) is 0 Å². The quantitative estimate of drug-likeness (QED) is 0.693. The van der Waals surface area contributed by atoms with Crippen molar-refractivity contribution in [1.29, 1.82) is 0 Å². The topological polar surface area (TPSA) is 69.6 Å². The van der Waals surface area contributed by atoms with Crippen LogP contribution in [0.2, 0.25) is 0 Å². The van der Waals surface area contributed by atoms with Gasteiger partial charge in [0.25, 0.3) is 0 Å². The number of nitrogens with one attached hydrogen (secondary N) is 1. The van der Waals surface area contributed by atoms with Gasteiger partial charge >= 0.3 is 0 Å². The minimum absolute atomic E-state index is 0.0701. The number of aromatic hydroxyl groups is 2. The fourth-order valence-electron chi connectivity index (χ4n) is 1.54. The maximum atomic E-state index is 11.3. The summed E-state index contributed by atoms with van der Waals surface area (Å²) in [6, 6.07) is 3.14. The number of benzene rings is 1. The Morgan fingerprint density at radius 3 is 2.35 bits per heavy atom. The van der Waals surface area contributed by atoms with Gasteiger partial charge in [-0.05, 0) is 11.5 Å². The Kier molecular flexibility index (Phi) is 3.66. The van der Waals surface area contributed by atoms with Crippen LogP contribution in [0.15, 0.2) is 12.1 Å². The Hall–Kier alpha value is -1.71. The second-order valence-electron chi connectivity index (χ2n) is 5.01. The van der Waals surface area contributed by atoms with Crippen LogP contribution in [-0.2, 0) is 10.2 Å². The lowest BCUT2D eigenvalue weighted by molar-refractivity contribution is -0.115. The van der Waals surface area contributed by atoms with Crippen molar-refractivity contribution in [3.05, 3.63) is 17.7 Å². The third-order valence-electron chi connectivity index (χ3n) is 2.55. The van der Waals surface area contributed by atoms with Crippen LogP contribution in [-0.4, -0.2) is 16.1 Å². The maximum Gasteiger partial charge on any atom is 0.224 e. The smallest absolute Gasteiger partial charge is 0.224 e. The van der Waals surface area contributed by atoms with Crippen molar-refractivity contribution in [2.45, 2.75) is 39.5 Å². The lowest BCUT2D eigenvalue weighted by Gasteiger charge is -2.22. The summed E-state index contributed by atoms with van der Waals surface area (Å²) in [4.78, 5) is 11.3. The summed E-state index contributed by atoms with van der Waals surface area (Å²) in [7, 11) is 0. The molecule has 1 aromatic rings. The number of phenolic OH excluding ortho intramolecular Hbond substituents is 2. The van der Waals surface area contributed by atoms with Crippen molar-refractivity contribution in [2.24, 2.45) is 0 Å². The molecule has 0 aliphatic rings. The van der Waals surface area contributed by atoms with Gasteiger partial charge in [0.2, 0.25) is 5.91 Å². The number of carbonyl (C=O) groups excluding carboxylic acids is 1. The third-order valence-corrected chi connectivity index (χ3v) is 2.55. The van der Waals surface area contributed by atoms with E-state index in [1.54, 1.807) is 13.0 Å². The SMILES string of the molecule is CCC(=O)Nc1c(O)ccc(C(C)(C)C)c1O. The molecule has 1 rings (SSSR count). The first kappa shape index (κ1) is 13.4. The predicted molar refractivity (Wildman–Crippen MR) is 67.4 cm³/mol. The molecule has 3 N–H and O–H groups in total. The summed E-state index contributed by atoms with van der Waals surface area (Å²) < 4.78 is 0. The number of hydrogen-bond acceptors (Lipinski definition) is 3.